The number of halogens is 1. The van der Waals surface area contributed by atoms with Crippen LogP contribution in [0.4, 0.5) is 0 Å². The van der Waals surface area contributed by atoms with E-state index in [0.29, 0.717) is 4.60 Å². The fourth-order valence-electron chi connectivity index (χ4n) is 0.900. The summed E-state index contributed by atoms with van der Waals surface area (Å²) in [5.74, 6) is -0.856. The third kappa shape index (κ3) is 1.17. The zero-order valence-corrected chi connectivity index (χ0v) is 7.76. The molecule has 0 aliphatic rings. The Kier molecular flexibility index (Phi) is 1.73. The summed E-state index contributed by atoms with van der Waals surface area (Å²) in [6.07, 6.45) is 2.89. The van der Waals surface area contributed by atoms with Gasteiger partial charge in [-0.2, -0.15) is 9.61 Å². The van der Waals surface area contributed by atoms with Gasteiger partial charge in [0.2, 0.25) is 0 Å². The van der Waals surface area contributed by atoms with Gasteiger partial charge < -0.3 is 5.11 Å². The van der Waals surface area contributed by atoms with Gasteiger partial charge in [-0.25, -0.2) is 14.8 Å². The number of carboxylic acid groups (broad SMARTS) is 1. The average molecular weight is 243 g/mol. The van der Waals surface area contributed by atoms with Crippen molar-refractivity contribution < 1.29 is 9.90 Å². The number of fused-ring (bicyclic) bond motifs is 1. The molecule has 0 amide bonds. The molecule has 0 radical (unpaired) electrons. The Labute approximate surface area is 80.4 Å². The van der Waals surface area contributed by atoms with Gasteiger partial charge in [0, 0.05) is 0 Å². The van der Waals surface area contributed by atoms with Crippen molar-refractivity contribution in [3.05, 3.63) is 22.7 Å². The van der Waals surface area contributed by atoms with E-state index in [2.05, 4.69) is 31.0 Å². The summed E-state index contributed by atoms with van der Waals surface area (Å²) in [4.78, 5) is 18.2. The summed E-state index contributed by atoms with van der Waals surface area (Å²) in [6, 6.07) is 0. The molecule has 66 valence electrons. The van der Waals surface area contributed by atoms with Crippen molar-refractivity contribution >= 4 is 27.7 Å². The normalized spacial score (nSPS) is 10.5. The van der Waals surface area contributed by atoms with E-state index >= 15 is 0 Å². The second kappa shape index (κ2) is 2.77. The van der Waals surface area contributed by atoms with Gasteiger partial charge in [0.15, 0.2) is 5.69 Å². The van der Waals surface area contributed by atoms with E-state index < -0.39 is 5.97 Å². The number of hydrogen-bond acceptors (Lipinski definition) is 4. The summed E-state index contributed by atoms with van der Waals surface area (Å²) in [5, 5.41) is 12.6. The fourth-order valence-corrected chi connectivity index (χ4v) is 1.41. The van der Waals surface area contributed by atoms with Crippen molar-refractivity contribution in [2.45, 2.75) is 0 Å². The Balaban J connectivity index is 2.81. The summed E-state index contributed by atoms with van der Waals surface area (Å²) >= 11 is 3.07. The molecule has 0 spiro atoms. The summed E-state index contributed by atoms with van der Waals surface area (Å²) < 4.78 is 1.60. The second-order valence-corrected chi connectivity index (χ2v) is 2.96. The first kappa shape index (κ1) is 8.11. The van der Waals surface area contributed by atoms with Crippen molar-refractivity contribution in [3.63, 3.8) is 0 Å². The highest BCUT2D eigenvalue weighted by Crippen LogP contribution is 2.15. The van der Waals surface area contributed by atoms with Gasteiger partial charge in [-0.15, -0.1) is 0 Å². The van der Waals surface area contributed by atoms with Crippen LogP contribution in [-0.2, 0) is 0 Å². The van der Waals surface area contributed by atoms with Crippen LogP contribution in [0.15, 0.2) is 17.0 Å². The van der Waals surface area contributed by atoms with E-state index in [1.54, 1.807) is 0 Å². The molecule has 7 heteroatoms. The topological polar surface area (TPSA) is 80.4 Å². The van der Waals surface area contributed by atoms with Gasteiger partial charge in [-0.05, 0) is 15.9 Å². The van der Waals surface area contributed by atoms with Crippen molar-refractivity contribution in [2.24, 2.45) is 0 Å². The first-order valence-electron chi connectivity index (χ1n) is 3.28. The Hall–Kier alpha value is -1.50. The third-order valence-electron chi connectivity index (χ3n) is 1.42. The summed E-state index contributed by atoms with van der Waals surface area (Å²) in [5.41, 5.74) is -0.0915. The van der Waals surface area contributed by atoms with Crippen LogP contribution in [0.3, 0.4) is 0 Å². The highest BCUT2D eigenvalue weighted by molar-refractivity contribution is 9.10. The molecule has 2 rings (SSSR count). The molecule has 0 fully saturated rings. The molecule has 0 atom stereocenters. The molecule has 0 aliphatic carbocycles. The lowest BCUT2D eigenvalue weighted by Gasteiger charge is -1.89. The maximum atomic E-state index is 10.6. The Morgan fingerprint density at radius 3 is 2.92 bits per heavy atom. The SMILES string of the molecule is O=C(O)c1nc2nccnn2c1Br. The third-order valence-corrected chi connectivity index (χ3v) is 2.14. The molecule has 0 aromatic carbocycles. The quantitative estimate of drug-likeness (QED) is 0.792. The number of carboxylic acids is 1. The first-order valence-corrected chi connectivity index (χ1v) is 4.08. The molecule has 0 saturated carbocycles. The number of aromatic nitrogens is 4. The minimum atomic E-state index is -1.11. The van der Waals surface area contributed by atoms with Gasteiger partial charge in [-0.3, -0.25) is 0 Å². The van der Waals surface area contributed by atoms with Crippen molar-refractivity contribution in [1.29, 1.82) is 0 Å². The highest BCUT2D eigenvalue weighted by atomic mass is 79.9. The largest absolute Gasteiger partial charge is 0.476 e. The van der Waals surface area contributed by atoms with Crippen LogP contribution < -0.4 is 0 Å². The van der Waals surface area contributed by atoms with E-state index in [9.17, 15) is 4.79 Å². The number of hydrogen-bond donors (Lipinski definition) is 1. The lowest BCUT2D eigenvalue weighted by atomic mass is 10.5. The van der Waals surface area contributed by atoms with E-state index in [4.69, 9.17) is 5.11 Å². The maximum Gasteiger partial charge on any atom is 0.357 e. The Morgan fingerprint density at radius 1 is 1.54 bits per heavy atom. The first-order chi connectivity index (χ1) is 6.20. The smallest absolute Gasteiger partial charge is 0.357 e. The van der Waals surface area contributed by atoms with Gasteiger partial charge >= 0.3 is 5.97 Å². The molecular formula is C6H3BrN4O2. The number of carbonyl (C=O) groups is 1. The summed E-state index contributed by atoms with van der Waals surface area (Å²) in [6.45, 7) is 0. The number of imidazole rings is 1. The molecule has 13 heavy (non-hydrogen) atoms. The molecule has 1 N–H and O–H groups in total. The molecule has 0 bridgehead atoms. The molecule has 0 unspecified atom stereocenters. The monoisotopic (exact) mass is 242 g/mol. The molecular weight excluding hydrogens is 240 g/mol. The van der Waals surface area contributed by atoms with Gasteiger partial charge in [0.05, 0.1) is 12.4 Å². The van der Waals surface area contributed by atoms with Gasteiger partial charge in [0.25, 0.3) is 5.78 Å². The fraction of sp³-hybridized carbons (Fsp3) is 0. The predicted octanol–water partition coefficient (Wildman–Crippen LogP) is 0.585. The second-order valence-electron chi connectivity index (χ2n) is 2.21. The zero-order chi connectivity index (χ0) is 9.42. The lowest BCUT2D eigenvalue weighted by Crippen LogP contribution is -1.97. The maximum absolute atomic E-state index is 10.6. The van der Waals surface area contributed by atoms with Gasteiger partial charge in [0.1, 0.15) is 4.60 Å². The Morgan fingerprint density at radius 2 is 2.31 bits per heavy atom. The minimum Gasteiger partial charge on any atom is -0.476 e. The van der Waals surface area contributed by atoms with E-state index in [0.717, 1.165) is 0 Å². The molecule has 2 aromatic heterocycles. The van der Waals surface area contributed by atoms with Crippen molar-refractivity contribution in [2.75, 3.05) is 0 Å². The molecule has 6 nitrogen and oxygen atoms in total. The zero-order valence-electron chi connectivity index (χ0n) is 6.18. The van der Waals surface area contributed by atoms with E-state index in [1.807, 2.05) is 0 Å². The molecule has 2 heterocycles. The van der Waals surface area contributed by atoms with Crippen molar-refractivity contribution in [1.82, 2.24) is 19.6 Å². The van der Waals surface area contributed by atoms with Crippen LogP contribution in [0.5, 0.6) is 0 Å². The van der Waals surface area contributed by atoms with Crippen molar-refractivity contribution in [3.8, 4) is 0 Å². The average Bonchev–Trinajstić information content (AvgIpc) is 2.45. The Bertz CT molecular complexity index is 480. The molecule has 2 aromatic rings. The van der Waals surface area contributed by atoms with Crippen LogP contribution in [0.1, 0.15) is 10.5 Å². The van der Waals surface area contributed by atoms with Crippen LogP contribution in [0, 0.1) is 0 Å². The van der Waals surface area contributed by atoms with Gasteiger partial charge in [-0.1, -0.05) is 0 Å². The van der Waals surface area contributed by atoms with Crippen LogP contribution in [0.25, 0.3) is 5.78 Å². The highest BCUT2D eigenvalue weighted by Gasteiger charge is 2.16. The number of rotatable bonds is 1. The predicted molar refractivity (Wildman–Crippen MR) is 45.4 cm³/mol. The van der Waals surface area contributed by atoms with Crippen LogP contribution >= 0.6 is 15.9 Å². The molecule has 0 saturated heterocycles. The molecule has 0 aliphatic heterocycles. The van der Waals surface area contributed by atoms with Crippen LogP contribution in [0.2, 0.25) is 0 Å². The summed E-state index contributed by atoms with van der Waals surface area (Å²) in [7, 11) is 0. The number of aromatic carboxylic acids is 1. The van der Waals surface area contributed by atoms with Crippen LogP contribution in [-0.4, -0.2) is 30.7 Å². The lowest BCUT2D eigenvalue weighted by molar-refractivity contribution is 0.0690. The standard InChI is InChI=1S/C6H3BrN4O2/c7-4-3(5(12)13)10-6-8-1-2-9-11(4)6/h1-2H,(H,12,13). The number of nitrogens with zero attached hydrogens (tertiary/aromatic N) is 4. The van der Waals surface area contributed by atoms with E-state index in [1.165, 1.54) is 16.9 Å². The van der Waals surface area contributed by atoms with E-state index in [-0.39, 0.29) is 11.5 Å². The minimum absolute atomic E-state index is 0.0915.